The first-order valence-corrected chi connectivity index (χ1v) is 9.67. The zero-order chi connectivity index (χ0) is 19.3. The predicted molar refractivity (Wildman–Crippen MR) is 105 cm³/mol. The molecule has 0 aliphatic heterocycles. The third kappa shape index (κ3) is 4.72. The molecule has 9 heteroatoms. The molecule has 0 aliphatic carbocycles. The second kappa shape index (κ2) is 8.02. The molecule has 0 unspecified atom stereocenters. The van der Waals surface area contributed by atoms with E-state index in [-0.39, 0.29) is 16.4 Å². The van der Waals surface area contributed by atoms with E-state index in [4.69, 9.17) is 5.73 Å². The molecule has 0 saturated carbocycles. The summed E-state index contributed by atoms with van der Waals surface area (Å²) in [5.74, 6) is 0.571. The van der Waals surface area contributed by atoms with Crippen molar-refractivity contribution in [3.8, 4) is 0 Å². The lowest BCUT2D eigenvalue weighted by atomic mass is 10.2. The van der Waals surface area contributed by atoms with Crippen molar-refractivity contribution >= 4 is 27.3 Å². The van der Waals surface area contributed by atoms with Crippen LogP contribution in [0.3, 0.4) is 0 Å². The molecule has 0 fully saturated rings. The molecule has 0 spiro atoms. The molecule has 5 N–H and O–H groups in total. The normalized spacial score (nSPS) is 11.1. The van der Waals surface area contributed by atoms with Crippen LogP contribution in [0.25, 0.3) is 0 Å². The molecule has 0 bridgehead atoms. The highest BCUT2D eigenvalue weighted by atomic mass is 32.2. The lowest BCUT2D eigenvalue weighted by Crippen LogP contribution is -2.30. The van der Waals surface area contributed by atoms with Crippen molar-refractivity contribution in [3.63, 3.8) is 0 Å². The van der Waals surface area contributed by atoms with E-state index < -0.39 is 10.0 Å². The largest absolute Gasteiger partial charge is 0.393 e. The molecule has 8 nitrogen and oxygen atoms in total. The van der Waals surface area contributed by atoms with Gasteiger partial charge in [-0.1, -0.05) is 48.0 Å². The number of rotatable bonds is 7. The lowest BCUT2D eigenvalue weighted by molar-refractivity contribution is 0.587. The van der Waals surface area contributed by atoms with E-state index in [0.29, 0.717) is 12.4 Å². The Bertz CT molecular complexity index is 1010. The number of nitrogens with one attached hydrogen (secondary N) is 3. The first kappa shape index (κ1) is 18.6. The Labute approximate surface area is 157 Å². The number of nitrogens with two attached hydrogens (primary N) is 1. The summed E-state index contributed by atoms with van der Waals surface area (Å²) in [4.78, 5) is 10.5. The summed E-state index contributed by atoms with van der Waals surface area (Å²) in [7, 11) is -3.76. The van der Waals surface area contributed by atoms with E-state index in [1.807, 2.05) is 37.3 Å². The second-order valence-electron chi connectivity index (χ2n) is 5.87. The number of aryl methyl sites for hydroxylation is 1. The summed E-state index contributed by atoms with van der Waals surface area (Å²) in [5, 5.41) is 3.11. The molecule has 0 aliphatic rings. The molecule has 3 aromatic rings. The fraction of sp³-hybridized carbons (Fsp3) is 0.111. The first-order valence-electron chi connectivity index (χ1n) is 8.18. The minimum absolute atomic E-state index is 0.135. The standard InChI is InChI=1S/C18H20N6O2S/c1-13-7-9-15(10-8-13)27(25,26)24-23-18-16(19)17(21-12-22-18)20-11-14-5-3-2-4-6-14/h2-10,12,24H,11,19H2,1H3,(H2,20,21,22,23). The Kier molecular flexibility index (Phi) is 5.53. The van der Waals surface area contributed by atoms with Crippen molar-refractivity contribution in [2.24, 2.45) is 0 Å². The number of anilines is 3. The number of hydrogen-bond acceptors (Lipinski definition) is 7. The van der Waals surface area contributed by atoms with Crippen LogP contribution in [-0.4, -0.2) is 18.4 Å². The average molecular weight is 384 g/mol. The van der Waals surface area contributed by atoms with Crippen LogP contribution in [-0.2, 0) is 16.6 Å². The molecule has 0 atom stereocenters. The predicted octanol–water partition coefficient (Wildman–Crippen LogP) is 2.28. The molecule has 0 radical (unpaired) electrons. The van der Waals surface area contributed by atoms with E-state index >= 15 is 0 Å². The van der Waals surface area contributed by atoms with Crippen molar-refractivity contribution in [2.45, 2.75) is 18.4 Å². The number of nitrogen functional groups attached to an aromatic ring is 1. The highest BCUT2D eigenvalue weighted by Crippen LogP contribution is 2.22. The minimum atomic E-state index is -3.76. The molecule has 0 saturated heterocycles. The Morgan fingerprint density at radius 1 is 0.963 bits per heavy atom. The Morgan fingerprint density at radius 2 is 1.63 bits per heavy atom. The van der Waals surface area contributed by atoms with Crippen LogP contribution in [0.4, 0.5) is 17.3 Å². The molecule has 1 aromatic heterocycles. The van der Waals surface area contributed by atoms with Gasteiger partial charge in [0.1, 0.15) is 12.0 Å². The topological polar surface area (TPSA) is 122 Å². The minimum Gasteiger partial charge on any atom is -0.393 e. The number of nitrogens with zero attached hydrogens (tertiary/aromatic N) is 2. The van der Waals surface area contributed by atoms with Gasteiger partial charge in [-0.05, 0) is 24.6 Å². The van der Waals surface area contributed by atoms with Gasteiger partial charge in [-0.2, -0.15) is 0 Å². The van der Waals surface area contributed by atoms with Gasteiger partial charge in [0.25, 0.3) is 10.0 Å². The van der Waals surface area contributed by atoms with Crippen LogP contribution in [0, 0.1) is 6.92 Å². The molecule has 0 amide bonds. The van der Waals surface area contributed by atoms with Gasteiger partial charge >= 0.3 is 0 Å². The number of hydrogen-bond donors (Lipinski definition) is 4. The van der Waals surface area contributed by atoms with E-state index in [2.05, 4.69) is 25.5 Å². The number of sulfonamides is 1. The maximum absolute atomic E-state index is 12.4. The maximum Gasteiger partial charge on any atom is 0.257 e. The molecule has 1 heterocycles. The smallest absolute Gasteiger partial charge is 0.257 e. The van der Waals surface area contributed by atoms with Crippen LogP contribution in [0.5, 0.6) is 0 Å². The van der Waals surface area contributed by atoms with Gasteiger partial charge < -0.3 is 11.1 Å². The fourth-order valence-electron chi connectivity index (χ4n) is 2.31. The number of benzene rings is 2. The summed E-state index contributed by atoms with van der Waals surface area (Å²) < 4.78 is 24.7. The highest BCUT2D eigenvalue weighted by Gasteiger charge is 2.15. The van der Waals surface area contributed by atoms with Gasteiger partial charge in [0.15, 0.2) is 11.6 Å². The van der Waals surface area contributed by atoms with Gasteiger partial charge in [0.05, 0.1) is 4.90 Å². The van der Waals surface area contributed by atoms with Gasteiger partial charge in [0, 0.05) is 6.54 Å². The summed E-state index contributed by atoms with van der Waals surface area (Å²) in [5.41, 5.74) is 10.8. The SMILES string of the molecule is Cc1ccc(S(=O)(=O)NNc2ncnc(NCc3ccccc3)c2N)cc1. The van der Waals surface area contributed by atoms with Crippen molar-refractivity contribution in [2.75, 3.05) is 16.5 Å². The van der Waals surface area contributed by atoms with E-state index in [0.717, 1.165) is 11.1 Å². The fourth-order valence-corrected chi connectivity index (χ4v) is 3.15. The van der Waals surface area contributed by atoms with E-state index in [1.165, 1.54) is 18.5 Å². The van der Waals surface area contributed by atoms with Gasteiger partial charge in [-0.3, -0.25) is 5.43 Å². The van der Waals surface area contributed by atoms with Gasteiger partial charge in [-0.15, -0.1) is 4.83 Å². The van der Waals surface area contributed by atoms with Crippen LogP contribution in [0.2, 0.25) is 0 Å². The van der Waals surface area contributed by atoms with Crippen molar-refractivity contribution < 1.29 is 8.42 Å². The Balaban J connectivity index is 1.69. The quantitative estimate of drug-likeness (QED) is 0.461. The van der Waals surface area contributed by atoms with Crippen LogP contribution in [0.15, 0.2) is 65.8 Å². The maximum atomic E-state index is 12.4. The molecule has 3 rings (SSSR count). The number of hydrazine groups is 1. The third-order valence-electron chi connectivity index (χ3n) is 3.82. The van der Waals surface area contributed by atoms with Gasteiger partial charge in [-0.25, -0.2) is 18.4 Å². The number of aromatic nitrogens is 2. The summed E-state index contributed by atoms with van der Waals surface area (Å²) >= 11 is 0. The zero-order valence-corrected chi connectivity index (χ0v) is 15.5. The Morgan fingerprint density at radius 3 is 2.33 bits per heavy atom. The first-order chi connectivity index (χ1) is 13.0. The van der Waals surface area contributed by atoms with Crippen molar-refractivity contribution in [1.29, 1.82) is 0 Å². The van der Waals surface area contributed by atoms with Crippen LogP contribution < -0.4 is 21.3 Å². The molecule has 140 valence electrons. The van der Waals surface area contributed by atoms with E-state index in [9.17, 15) is 8.42 Å². The van der Waals surface area contributed by atoms with Crippen molar-refractivity contribution in [3.05, 3.63) is 72.1 Å². The highest BCUT2D eigenvalue weighted by molar-refractivity contribution is 7.89. The summed E-state index contributed by atoms with van der Waals surface area (Å²) in [6.07, 6.45) is 1.30. The molecular formula is C18H20N6O2S. The van der Waals surface area contributed by atoms with Crippen LogP contribution >= 0.6 is 0 Å². The summed E-state index contributed by atoms with van der Waals surface area (Å²) in [6.45, 7) is 2.41. The Hall–Kier alpha value is -3.17. The molecule has 27 heavy (non-hydrogen) atoms. The lowest BCUT2D eigenvalue weighted by Gasteiger charge is -2.13. The molecular weight excluding hydrogens is 364 g/mol. The average Bonchev–Trinajstić information content (AvgIpc) is 2.67. The third-order valence-corrected chi connectivity index (χ3v) is 5.09. The van der Waals surface area contributed by atoms with E-state index in [1.54, 1.807) is 12.1 Å². The monoisotopic (exact) mass is 384 g/mol. The zero-order valence-electron chi connectivity index (χ0n) is 14.7. The second-order valence-corrected chi connectivity index (χ2v) is 7.55. The van der Waals surface area contributed by atoms with Gasteiger partial charge in [0.2, 0.25) is 0 Å². The van der Waals surface area contributed by atoms with Crippen molar-refractivity contribution in [1.82, 2.24) is 14.8 Å². The van der Waals surface area contributed by atoms with Crippen LogP contribution in [0.1, 0.15) is 11.1 Å². The summed E-state index contributed by atoms with van der Waals surface area (Å²) in [6, 6.07) is 16.2. The molecule has 2 aromatic carbocycles.